The lowest BCUT2D eigenvalue weighted by atomic mass is 10.1. The number of hydrogen-bond donors (Lipinski definition) is 1. The Hall–Kier alpha value is -2.44. The van der Waals surface area contributed by atoms with Gasteiger partial charge in [-0.3, -0.25) is 0 Å². The molecule has 1 aliphatic heterocycles. The van der Waals surface area contributed by atoms with Crippen molar-refractivity contribution >= 4 is 17.4 Å². The zero-order valence-electron chi connectivity index (χ0n) is 13.5. The lowest BCUT2D eigenvalue weighted by Gasteiger charge is -2.31. The minimum Gasteiger partial charge on any atom is -0.393 e. The molecule has 0 bridgehead atoms. The first-order chi connectivity index (χ1) is 12.2. The zero-order chi connectivity index (χ0) is 17.2. The van der Waals surface area contributed by atoms with Crippen LogP contribution in [-0.4, -0.2) is 39.4 Å². The van der Waals surface area contributed by atoms with E-state index in [1.165, 1.54) is 0 Å². The highest BCUT2D eigenvalue weighted by Gasteiger charge is 2.23. The van der Waals surface area contributed by atoms with Crippen molar-refractivity contribution in [3.8, 4) is 22.8 Å². The first-order valence-electron chi connectivity index (χ1n) is 8.19. The maximum absolute atomic E-state index is 9.71. The SMILES string of the molecule is OC1CCN(c2ncccc2-c2nc(-c3cccc(Cl)c3)no2)CC1. The topological polar surface area (TPSA) is 75.3 Å². The molecule has 0 aliphatic carbocycles. The summed E-state index contributed by atoms with van der Waals surface area (Å²) in [4.78, 5) is 11.1. The second kappa shape index (κ2) is 6.82. The predicted octanol–water partition coefficient (Wildman–Crippen LogP) is 3.41. The summed E-state index contributed by atoms with van der Waals surface area (Å²) in [6, 6.07) is 11.1. The van der Waals surface area contributed by atoms with Crippen molar-refractivity contribution in [3.05, 3.63) is 47.6 Å². The Kier molecular flexibility index (Phi) is 4.38. The normalized spacial score (nSPS) is 15.5. The Morgan fingerprint density at radius 3 is 2.80 bits per heavy atom. The molecule has 1 aliphatic rings. The van der Waals surface area contributed by atoms with E-state index in [-0.39, 0.29) is 6.10 Å². The fourth-order valence-corrected chi connectivity index (χ4v) is 3.16. The van der Waals surface area contributed by atoms with Crippen LogP contribution in [0.5, 0.6) is 0 Å². The Balaban J connectivity index is 1.67. The van der Waals surface area contributed by atoms with Crippen LogP contribution in [0.1, 0.15) is 12.8 Å². The van der Waals surface area contributed by atoms with Gasteiger partial charge >= 0.3 is 0 Å². The Bertz CT molecular complexity index is 875. The van der Waals surface area contributed by atoms with Crippen LogP contribution < -0.4 is 4.90 Å². The molecule has 0 saturated carbocycles. The molecule has 7 heteroatoms. The van der Waals surface area contributed by atoms with E-state index in [1.54, 1.807) is 18.3 Å². The number of hydrogen-bond acceptors (Lipinski definition) is 6. The molecular weight excluding hydrogens is 340 g/mol. The molecule has 6 nitrogen and oxygen atoms in total. The molecule has 2 aromatic heterocycles. The maximum Gasteiger partial charge on any atom is 0.261 e. The number of aliphatic hydroxyl groups is 1. The quantitative estimate of drug-likeness (QED) is 0.775. The molecule has 0 amide bonds. The Morgan fingerprint density at radius 1 is 1.16 bits per heavy atom. The summed E-state index contributed by atoms with van der Waals surface area (Å²) in [6.45, 7) is 1.50. The van der Waals surface area contributed by atoms with Crippen LogP contribution in [0.3, 0.4) is 0 Å². The molecule has 0 atom stereocenters. The third-order valence-corrected chi connectivity index (χ3v) is 4.53. The number of pyridine rings is 1. The molecule has 1 saturated heterocycles. The zero-order valence-corrected chi connectivity index (χ0v) is 14.2. The largest absolute Gasteiger partial charge is 0.393 e. The van der Waals surface area contributed by atoms with Gasteiger partial charge in [0.05, 0.1) is 11.7 Å². The van der Waals surface area contributed by atoms with Crippen LogP contribution in [-0.2, 0) is 0 Å². The average molecular weight is 357 g/mol. The van der Waals surface area contributed by atoms with Gasteiger partial charge < -0.3 is 14.5 Å². The third kappa shape index (κ3) is 3.36. The van der Waals surface area contributed by atoms with Crippen LogP contribution in [0.25, 0.3) is 22.8 Å². The van der Waals surface area contributed by atoms with Crippen molar-refractivity contribution in [3.63, 3.8) is 0 Å². The Labute approximate surface area is 150 Å². The molecular formula is C18H17ClN4O2. The minimum absolute atomic E-state index is 0.235. The van der Waals surface area contributed by atoms with Crippen molar-refractivity contribution in [1.82, 2.24) is 15.1 Å². The molecule has 3 heterocycles. The highest BCUT2D eigenvalue weighted by atomic mass is 35.5. The summed E-state index contributed by atoms with van der Waals surface area (Å²) < 4.78 is 5.48. The van der Waals surface area contributed by atoms with E-state index >= 15 is 0 Å². The highest BCUT2D eigenvalue weighted by Crippen LogP contribution is 2.31. The monoisotopic (exact) mass is 356 g/mol. The molecule has 4 rings (SSSR count). The van der Waals surface area contributed by atoms with Crippen LogP contribution in [0.2, 0.25) is 5.02 Å². The van der Waals surface area contributed by atoms with Gasteiger partial charge in [0.25, 0.3) is 5.89 Å². The third-order valence-electron chi connectivity index (χ3n) is 4.29. The number of benzene rings is 1. The summed E-state index contributed by atoms with van der Waals surface area (Å²) in [7, 11) is 0. The van der Waals surface area contributed by atoms with Crippen LogP contribution in [0, 0.1) is 0 Å². The average Bonchev–Trinajstić information content (AvgIpc) is 3.12. The van der Waals surface area contributed by atoms with Gasteiger partial charge in [-0.1, -0.05) is 28.9 Å². The van der Waals surface area contributed by atoms with E-state index in [0.717, 1.165) is 42.9 Å². The van der Waals surface area contributed by atoms with Gasteiger partial charge in [-0.2, -0.15) is 4.98 Å². The molecule has 0 radical (unpaired) electrons. The number of halogens is 1. The van der Waals surface area contributed by atoms with Gasteiger partial charge in [0, 0.05) is 29.9 Å². The van der Waals surface area contributed by atoms with Gasteiger partial charge in [0.15, 0.2) is 0 Å². The molecule has 0 unspecified atom stereocenters. The minimum atomic E-state index is -0.235. The maximum atomic E-state index is 9.71. The summed E-state index contributed by atoms with van der Waals surface area (Å²) in [5, 5.41) is 14.4. The molecule has 1 N–H and O–H groups in total. The standard InChI is InChI=1S/C18H17ClN4O2/c19-13-4-1-3-12(11-13)16-21-18(25-22-16)15-5-2-8-20-17(15)23-9-6-14(24)7-10-23/h1-5,8,11,14,24H,6-7,9-10H2. The van der Waals surface area contributed by atoms with E-state index in [2.05, 4.69) is 20.0 Å². The van der Waals surface area contributed by atoms with Crippen molar-refractivity contribution in [1.29, 1.82) is 0 Å². The Morgan fingerprint density at radius 2 is 2.00 bits per heavy atom. The molecule has 1 fully saturated rings. The van der Waals surface area contributed by atoms with Crippen molar-refractivity contribution in [2.75, 3.05) is 18.0 Å². The fourth-order valence-electron chi connectivity index (χ4n) is 2.97. The smallest absolute Gasteiger partial charge is 0.261 e. The number of rotatable bonds is 3. The number of nitrogens with zero attached hydrogens (tertiary/aromatic N) is 4. The molecule has 1 aromatic carbocycles. The van der Waals surface area contributed by atoms with Gasteiger partial charge in [0.2, 0.25) is 5.82 Å². The van der Waals surface area contributed by atoms with Crippen LogP contribution in [0.4, 0.5) is 5.82 Å². The molecule has 128 valence electrons. The molecule has 0 spiro atoms. The van der Waals surface area contributed by atoms with E-state index in [0.29, 0.717) is 16.7 Å². The fraction of sp³-hybridized carbons (Fsp3) is 0.278. The number of piperidine rings is 1. The van der Waals surface area contributed by atoms with Gasteiger partial charge in [-0.05, 0) is 37.1 Å². The first kappa shape index (κ1) is 16.1. The number of anilines is 1. The van der Waals surface area contributed by atoms with E-state index in [1.807, 2.05) is 24.3 Å². The lowest BCUT2D eigenvalue weighted by Crippen LogP contribution is -2.36. The van der Waals surface area contributed by atoms with E-state index < -0.39 is 0 Å². The lowest BCUT2D eigenvalue weighted by molar-refractivity contribution is 0.145. The van der Waals surface area contributed by atoms with Gasteiger partial charge in [0.1, 0.15) is 5.82 Å². The summed E-state index contributed by atoms with van der Waals surface area (Å²) in [5.74, 6) is 1.71. The van der Waals surface area contributed by atoms with E-state index in [9.17, 15) is 5.11 Å². The summed E-state index contributed by atoms with van der Waals surface area (Å²) in [6.07, 6.45) is 2.97. The number of aliphatic hydroxyl groups excluding tert-OH is 1. The molecule has 25 heavy (non-hydrogen) atoms. The summed E-state index contributed by atoms with van der Waals surface area (Å²) >= 11 is 6.03. The molecule has 3 aromatic rings. The first-order valence-corrected chi connectivity index (χ1v) is 8.56. The van der Waals surface area contributed by atoms with Crippen LogP contribution in [0.15, 0.2) is 47.1 Å². The second-order valence-electron chi connectivity index (χ2n) is 6.03. The van der Waals surface area contributed by atoms with Gasteiger partial charge in [-0.15, -0.1) is 0 Å². The van der Waals surface area contributed by atoms with E-state index in [4.69, 9.17) is 16.1 Å². The van der Waals surface area contributed by atoms with Gasteiger partial charge in [-0.25, -0.2) is 4.98 Å². The predicted molar refractivity (Wildman–Crippen MR) is 95.4 cm³/mol. The van der Waals surface area contributed by atoms with Crippen molar-refractivity contribution in [2.24, 2.45) is 0 Å². The summed E-state index contributed by atoms with van der Waals surface area (Å²) in [5.41, 5.74) is 1.59. The van der Waals surface area contributed by atoms with Crippen LogP contribution >= 0.6 is 11.6 Å². The van der Waals surface area contributed by atoms with Crippen molar-refractivity contribution < 1.29 is 9.63 Å². The van der Waals surface area contributed by atoms with Crippen molar-refractivity contribution in [2.45, 2.75) is 18.9 Å². The second-order valence-corrected chi connectivity index (χ2v) is 6.46. The highest BCUT2D eigenvalue weighted by molar-refractivity contribution is 6.30. The number of aromatic nitrogens is 3.